The number of hydrogen-bond donors (Lipinski definition) is 2. The number of H-pyrrole nitrogens is 1. The third kappa shape index (κ3) is 3.11. The zero-order valence-electron chi connectivity index (χ0n) is 14.0. The smallest absolute Gasteiger partial charge is 0.237 e. The van der Waals surface area contributed by atoms with Gasteiger partial charge in [-0.15, -0.1) is 0 Å². The molecular formula is C21H19N3O. The molecule has 2 aromatic carbocycles. The third-order valence-corrected chi connectivity index (χ3v) is 4.51. The summed E-state index contributed by atoms with van der Waals surface area (Å²) in [4.78, 5) is 11.9. The number of imidazole rings is 1. The summed E-state index contributed by atoms with van der Waals surface area (Å²) in [5.74, 6) is 0.820. The van der Waals surface area contributed by atoms with Crippen molar-refractivity contribution in [2.75, 3.05) is 0 Å². The molecule has 124 valence electrons. The number of para-hydroxylation sites is 1. The first kappa shape index (κ1) is 15.4. The molecule has 4 rings (SSSR count). The van der Waals surface area contributed by atoms with Gasteiger partial charge in [-0.1, -0.05) is 42.5 Å². The number of hydrogen-bond acceptors (Lipinski definition) is 3. The minimum Gasteiger partial charge on any atom is -0.492 e. The van der Waals surface area contributed by atoms with E-state index in [0.717, 1.165) is 35.5 Å². The summed E-state index contributed by atoms with van der Waals surface area (Å²) in [7, 11) is 0. The van der Waals surface area contributed by atoms with Gasteiger partial charge in [0, 0.05) is 23.8 Å². The van der Waals surface area contributed by atoms with Crippen LogP contribution in [0.4, 0.5) is 5.69 Å². The Morgan fingerprint density at radius 2 is 1.84 bits per heavy atom. The van der Waals surface area contributed by atoms with Crippen molar-refractivity contribution in [2.45, 2.75) is 19.8 Å². The highest BCUT2D eigenvalue weighted by molar-refractivity contribution is 6.21. The van der Waals surface area contributed by atoms with Crippen LogP contribution in [-0.4, -0.2) is 21.3 Å². The number of fused-ring (bicyclic) bond motifs is 1. The van der Waals surface area contributed by atoms with Gasteiger partial charge in [-0.05, 0) is 36.6 Å². The number of nitrogens with one attached hydrogen (secondary N) is 1. The molecule has 2 N–H and O–H groups in total. The quantitative estimate of drug-likeness (QED) is 0.742. The van der Waals surface area contributed by atoms with Gasteiger partial charge in [0.15, 0.2) is 0 Å². The normalized spacial score (nSPS) is 14.2. The van der Waals surface area contributed by atoms with Crippen molar-refractivity contribution < 1.29 is 5.11 Å². The zero-order valence-corrected chi connectivity index (χ0v) is 14.0. The second-order valence-corrected chi connectivity index (χ2v) is 6.22. The molecule has 0 saturated heterocycles. The number of aromatic nitrogens is 2. The van der Waals surface area contributed by atoms with E-state index < -0.39 is 0 Å². The van der Waals surface area contributed by atoms with Gasteiger partial charge in [0.2, 0.25) is 5.88 Å². The van der Waals surface area contributed by atoms with Gasteiger partial charge >= 0.3 is 0 Å². The lowest BCUT2D eigenvalue weighted by molar-refractivity contribution is 0.454. The standard InChI is InChI=1S/C21H19N3O/c1-14-6-2-3-7-15(14)10-11-20-23-19(21(25)24-20)12-16-13-22-18-9-5-4-8-17(16)18/h2-9,12-13,25H,10-11H2,1H3,(H,23,24)/b16-12+. The Morgan fingerprint density at radius 3 is 2.72 bits per heavy atom. The van der Waals surface area contributed by atoms with Crippen molar-refractivity contribution in [3.8, 4) is 5.88 Å². The van der Waals surface area contributed by atoms with Crippen LogP contribution in [0.5, 0.6) is 5.88 Å². The van der Waals surface area contributed by atoms with Crippen molar-refractivity contribution in [3.05, 3.63) is 76.7 Å². The zero-order chi connectivity index (χ0) is 17.2. The number of aryl methyl sites for hydroxylation is 3. The maximum absolute atomic E-state index is 10.2. The molecule has 1 aromatic heterocycles. The van der Waals surface area contributed by atoms with Crippen LogP contribution < -0.4 is 0 Å². The molecule has 0 radical (unpaired) electrons. The predicted molar refractivity (Wildman–Crippen MR) is 101 cm³/mol. The first-order valence-corrected chi connectivity index (χ1v) is 8.38. The second-order valence-electron chi connectivity index (χ2n) is 6.22. The van der Waals surface area contributed by atoms with Crippen LogP contribution in [0.1, 0.15) is 28.2 Å². The van der Waals surface area contributed by atoms with Crippen molar-refractivity contribution in [2.24, 2.45) is 4.99 Å². The molecule has 0 saturated carbocycles. The summed E-state index contributed by atoms with van der Waals surface area (Å²) < 4.78 is 0. The van der Waals surface area contributed by atoms with E-state index in [9.17, 15) is 5.11 Å². The van der Waals surface area contributed by atoms with E-state index in [1.807, 2.05) is 42.6 Å². The maximum Gasteiger partial charge on any atom is 0.237 e. The fourth-order valence-electron chi connectivity index (χ4n) is 3.10. The molecule has 4 heteroatoms. The fourth-order valence-corrected chi connectivity index (χ4v) is 3.10. The Kier molecular flexibility index (Phi) is 3.94. The molecule has 0 atom stereocenters. The van der Waals surface area contributed by atoms with Gasteiger partial charge in [0.25, 0.3) is 0 Å². The second kappa shape index (κ2) is 6.40. The number of aromatic hydroxyl groups is 1. The third-order valence-electron chi connectivity index (χ3n) is 4.51. The number of allylic oxidation sites excluding steroid dienone is 1. The lowest BCUT2D eigenvalue weighted by Gasteiger charge is -2.03. The number of rotatable bonds is 4. The highest BCUT2D eigenvalue weighted by Crippen LogP contribution is 2.33. The van der Waals surface area contributed by atoms with Crippen LogP contribution in [0.2, 0.25) is 0 Å². The van der Waals surface area contributed by atoms with Crippen molar-refractivity contribution in [1.29, 1.82) is 0 Å². The first-order chi connectivity index (χ1) is 12.2. The topological polar surface area (TPSA) is 61.3 Å². The van der Waals surface area contributed by atoms with E-state index in [-0.39, 0.29) is 5.88 Å². The molecule has 1 aliphatic rings. The summed E-state index contributed by atoms with van der Waals surface area (Å²) in [5.41, 5.74) is 6.19. The molecule has 25 heavy (non-hydrogen) atoms. The lowest BCUT2D eigenvalue weighted by Crippen LogP contribution is -1.95. The van der Waals surface area contributed by atoms with Gasteiger partial charge < -0.3 is 10.1 Å². The van der Waals surface area contributed by atoms with E-state index >= 15 is 0 Å². The minimum absolute atomic E-state index is 0.0325. The fraction of sp³-hybridized carbons (Fsp3) is 0.143. The van der Waals surface area contributed by atoms with Gasteiger partial charge in [0.1, 0.15) is 11.5 Å². The monoisotopic (exact) mass is 329 g/mol. The van der Waals surface area contributed by atoms with E-state index in [4.69, 9.17) is 0 Å². The van der Waals surface area contributed by atoms with Crippen LogP contribution in [0.15, 0.2) is 53.5 Å². The minimum atomic E-state index is 0.0325. The Labute approximate surface area is 146 Å². The van der Waals surface area contributed by atoms with Crippen molar-refractivity contribution in [1.82, 2.24) is 9.97 Å². The van der Waals surface area contributed by atoms with Crippen LogP contribution in [0.3, 0.4) is 0 Å². The summed E-state index contributed by atoms with van der Waals surface area (Å²) in [6.07, 6.45) is 5.36. The Balaban J connectivity index is 1.55. The molecule has 0 amide bonds. The van der Waals surface area contributed by atoms with Gasteiger partial charge in [0.05, 0.1) is 5.69 Å². The highest BCUT2D eigenvalue weighted by atomic mass is 16.3. The first-order valence-electron chi connectivity index (χ1n) is 8.38. The number of aliphatic imine (C=N–C) groups is 1. The van der Waals surface area contributed by atoms with Crippen LogP contribution in [0, 0.1) is 6.92 Å². The van der Waals surface area contributed by atoms with Crippen LogP contribution in [-0.2, 0) is 12.8 Å². The lowest BCUT2D eigenvalue weighted by atomic mass is 10.0. The SMILES string of the molecule is Cc1ccccc1CCc1nc(O)c(/C=C2\C=Nc3ccccc32)[nH]1. The Morgan fingerprint density at radius 1 is 1.04 bits per heavy atom. The molecule has 0 bridgehead atoms. The van der Waals surface area contributed by atoms with Crippen LogP contribution in [0.25, 0.3) is 11.6 Å². The average molecular weight is 329 g/mol. The highest BCUT2D eigenvalue weighted by Gasteiger charge is 2.14. The summed E-state index contributed by atoms with van der Waals surface area (Å²) in [6.45, 7) is 2.11. The van der Waals surface area contributed by atoms with Crippen molar-refractivity contribution in [3.63, 3.8) is 0 Å². The van der Waals surface area contributed by atoms with E-state index in [1.165, 1.54) is 11.1 Å². The number of aromatic amines is 1. The molecule has 3 aromatic rings. The van der Waals surface area contributed by atoms with Gasteiger partial charge in [-0.2, -0.15) is 4.98 Å². The average Bonchev–Trinajstić information content (AvgIpc) is 3.19. The van der Waals surface area contributed by atoms with Crippen molar-refractivity contribution >= 4 is 23.6 Å². The molecule has 0 unspecified atom stereocenters. The van der Waals surface area contributed by atoms with E-state index in [0.29, 0.717) is 5.69 Å². The molecule has 1 aliphatic heterocycles. The number of nitrogens with zero attached hydrogens (tertiary/aromatic N) is 2. The van der Waals surface area contributed by atoms with E-state index in [1.54, 1.807) is 0 Å². The predicted octanol–water partition coefficient (Wildman–Crippen LogP) is 4.47. The summed E-state index contributed by atoms with van der Waals surface area (Å²) in [6, 6.07) is 16.3. The molecule has 0 fully saturated rings. The maximum atomic E-state index is 10.2. The summed E-state index contributed by atoms with van der Waals surface area (Å²) >= 11 is 0. The molecule has 0 spiro atoms. The molecular weight excluding hydrogens is 310 g/mol. The Hall–Kier alpha value is -3.14. The largest absolute Gasteiger partial charge is 0.492 e. The van der Waals surface area contributed by atoms with E-state index in [2.05, 4.69) is 40.1 Å². The molecule has 4 nitrogen and oxygen atoms in total. The Bertz CT molecular complexity index is 982. The van der Waals surface area contributed by atoms with Gasteiger partial charge in [-0.3, -0.25) is 4.99 Å². The molecule has 0 aliphatic carbocycles. The molecule has 2 heterocycles. The number of benzene rings is 2. The van der Waals surface area contributed by atoms with Crippen LogP contribution >= 0.6 is 0 Å². The van der Waals surface area contributed by atoms with Gasteiger partial charge in [-0.25, -0.2) is 0 Å². The summed E-state index contributed by atoms with van der Waals surface area (Å²) in [5, 5.41) is 10.2.